The minimum atomic E-state index is -0.271. The molecule has 0 radical (unpaired) electrons. The molecule has 0 aliphatic carbocycles. The first kappa shape index (κ1) is 16.1. The number of nitrogen functional groups attached to an aromatic ring is 1. The van der Waals surface area contributed by atoms with Crippen LogP contribution >= 0.6 is 0 Å². The molecule has 24 heavy (non-hydrogen) atoms. The van der Waals surface area contributed by atoms with Gasteiger partial charge in [-0.1, -0.05) is 0 Å². The summed E-state index contributed by atoms with van der Waals surface area (Å²) in [4.78, 5) is 12.0. The van der Waals surface area contributed by atoms with E-state index in [-0.39, 0.29) is 11.7 Å². The van der Waals surface area contributed by atoms with Gasteiger partial charge in [0.1, 0.15) is 23.4 Å². The van der Waals surface area contributed by atoms with E-state index in [1.165, 1.54) is 10.7 Å². The number of aryl methyl sites for hydroxylation is 1. The highest BCUT2D eigenvalue weighted by atomic mass is 16.5. The van der Waals surface area contributed by atoms with E-state index in [0.717, 1.165) is 34.6 Å². The molecule has 2 aromatic rings. The maximum Gasteiger partial charge on any atom is 0.273 e. The highest BCUT2D eigenvalue weighted by Crippen LogP contribution is 2.34. The number of nitrogens with zero attached hydrogens (tertiary/aromatic N) is 2. The van der Waals surface area contributed by atoms with Gasteiger partial charge in [0.25, 0.3) is 5.56 Å². The normalized spacial score (nSPS) is 16.2. The van der Waals surface area contributed by atoms with Crippen LogP contribution in [0, 0.1) is 6.92 Å². The first-order valence-electron chi connectivity index (χ1n) is 7.98. The minimum Gasteiger partial charge on any atom is -0.493 e. The van der Waals surface area contributed by atoms with Crippen molar-refractivity contribution in [1.82, 2.24) is 4.68 Å². The van der Waals surface area contributed by atoms with Crippen LogP contribution in [0.25, 0.3) is 0 Å². The average Bonchev–Trinajstić information content (AvgIpc) is 2.85. The zero-order valence-electron chi connectivity index (χ0n) is 14.1. The Morgan fingerprint density at radius 1 is 1.42 bits per heavy atom. The van der Waals surface area contributed by atoms with Crippen LogP contribution in [-0.4, -0.2) is 23.6 Å². The Morgan fingerprint density at radius 2 is 2.21 bits per heavy atom. The van der Waals surface area contributed by atoms with Crippen molar-refractivity contribution >= 4 is 12.0 Å². The van der Waals surface area contributed by atoms with Crippen molar-refractivity contribution in [2.24, 2.45) is 5.10 Å². The van der Waals surface area contributed by atoms with Crippen molar-refractivity contribution in [3.05, 3.63) is 51.3 Å². The Hall–Kier alpha value is -2.76. The van der Waals surface area contributed by atoms with E-state index in [1.54, 1.807) is 12.3 Å². The molecule has 0 spiro atoms. The molecular formula is C18H21N3O3. The Bertz CT molecular complexity index is 855. The lowest BCUT2D eigenvalue weighted by Crippen LogP contribution is -2.19. The van der Waals surface area contributed by atoms with Crippen LogP contribution in [0.2, 0.25) is 0 Å². The summed E-state index contributed by atoms with van der Waals surface area (Å²) in [6, 6.07) is 7.06. The third-order valence-electron chi connectivity index (χ3n) is 3.82. The number of pyridine rings is 1. The number of benzene rings is 1. The molecule has 0 amide bonds. The lowest BCUT2D eigenvalue weighted by atomic mass is 10.1. The minimum absolute atomic E-state index is 0.150. The molecule has 1 atom stereocenters. The maximum atomic E-state index is 12.0. The standard InChI is InChI=1S/C18H21N3O3/c1-4-23-15-8-13-7-12(3)24-16(13)9-14(15)10-20-21-17(19)5-11(2)6-18(21)22/h5-6,8-10,12H,4,7,19H2,1-3H3/b20-10-/t12-/m0/s1. The third kappa shape index (κ3) is 3.13. The molecule has 3 rings (SSSR count). The van der Waals surface area contributed by atoms with Crippen molar-refractivity contribution in [3.8, 4) is 11.5 Å². The number of rotatable bonds is 4. The van der Waals surface area contributed by atoms with E-state index in [9.17, 15) is 4.79 Å². The first-order valence-corrected chi connectivity index (χ1v) is 7.98. The van der Waals surface area contributed by atoms with E-state index in [4.69, 9.17) is 15.2 Å². The summed E-state index contributed by atoms with van der Waals surface area (Å²) >= 11 is 0. The second-order valence-electron chi connectivity index (χ2n) is 5.92. The number of hydrogen-bond donors (Lipinski definition) is 1. The first-order chi connectivity index (χ1) is 11.5. The van der Waals surface area contributed by atoms with Gasteiger partial charge in [-0.25, -0.2) is 0 Å². The van der Waals surface area contributed by atoms with Crippen LogP contribution in [-0.2, 0) is 6.42 Å². The summed E-state index contributed by atoms with van der Waals surface area (Å²) in [5.74, 6) is 1.84. The van der Waals surface area contributed by atoms with Crippen molar-refractivity contribution in [2.75, 3.05) is 12.3 Å². The summed E-state index contributed by atoms with van der Waals surface area (Å²) in [6.45, 7) is 6.32. The number of anilines is 1. The highest BCUT2D eigenvalue weighted by molar-refractivity contribution is 5.85. The van der Waals surface area contributed by atoms with Gasteiger partial charge in [0, 0.05) is 23.6 Å². The molecule has 0 saturated heterocycles. The van der Waals surface area contributed by atoms with Gasteiger partial charge in [-0.2, -0.15) is 9.78 Å². The largest absolute Gasteiger partial charge is 0.493 e. The van der Waals surface area contributed by atoms with Crippen molar-refractivity contribution < 1.29 is 9.47 Å². The molecule has 1 aliphatic rings. The van der Waals surface area contributed by atoms with Crippen LogP contribution in [0.15, 0.2) is 34.2 Å². The topological polar surface area (TPSA) is 78.8 Å². The maximum absolute atomic E-state index is 12.0. The highest BCUT2D eigenvalue weighted by Gasteiger charge is 2.21. The second kappa shape index (κ2) is 6.39. The SMILES string of the molecule is CCOc1cc2c(cc1/C=N\n1c(N)cc(C)cc1=O)O[C@@H](C)C2. The molecule has 0 saturated carbocycles. The molecular weight excluding hydrogens is 306 g/mol. The van der Waals surface area contributed by atoms with E-state index >= 15 is 0 Å². The smallest absolute Gasteiger partial charge is 0.273 e. The van der Waals surface area contributed by atoms with Crippen LogP contribution in [0.5, 0.6) is 11.5 Å². The van der Waals surface area contributed by atoms with E-state index in [2.05, 4.69) is 5.10 Å². The summed E-state index contributed by atoms with van der Waals surface area (Å²) in [6.07, 6.45) is 2.58. The summed E-state index contributed by atoms with van der Waals surface area (Å²) in [5, 5.41) is 4.22. The molecule has 0 bridgehead atoms. The fourth-order valence-corrected chi connectivity index (χ4v) is 2.80. The predicted molar refractivity (Wildman–Crippen MR) is 94.2 cm³/mol. The van der Waals surface area contributed by atoms with Crippen molar-refractivity contribution in [1.29, 1.82) is 0 Å². The Labute approximate surface area is 140 Å². The molecule has 2 heterocycles. The Balaban J connectivity index is 2.01. The van der Waals surface area contributed by atoms with Crippen molar-refractivity contribution in [2.45, 2.75) is 33.3 Å². The third-order valence-corrected chi connectivity index (χ3v) is 3.82. The summed E-state index contributed by atoms with van der Waals surface area (Å²) in [7, 11) is 0. The van der Waals surface area contributed by atoms with Gasteiger partial charge >= 0.3 is 0 Å². The van der Waals surface area contributed by atoms with E-state index in [0.29, 0.717) is 12.4 Å². The average molecular weight is 327 g/mol. The quantitative estimate of drug-likeness (QED) is 0.874. The van der Waals surface area contributed by atoms with Gasteiger partial charge in [0.2, 0.25) is 0 Å². The number of hydrogen-bond acceptors (Lipinski definition) is 5. The number of aromatic nitrogens is 1. The summed E-state index contributed by atoms with van der Waals surface area (Å²) < 4.78 is 12.7. The predicted octanol–water partition coefficient (Wildman–Crippen LogP) is 2.34. The zero-order valence-corrected chi connectivity index (χ0v) is 14.1. The number of fused-ring (bicyclic) bond motifs is 1. The van der Waals surface area contributed by atoms with Crippen molar-refractivity contribution in [3.63, 3.8) is 0 Å². The fourth-order valence-electron chi connectivity index (χ4n) is 2.80. The van der Waals surface area contributed by atoms with Crippen LogP contribution in [0.4, 0.5) is 5.82 Å². The number of ether oxygens (including phenoxy) is 2. The molecule has 0 fully saturated rings. The van der Waals surface area contributed by atoms with Gasteiger partial charge in [-0.3, -0.25) is 4.79 Å². The molecule has 0 unspecified atom stereocenters. The molecule has 1 aliphatic heterocycles. The molecule has 2 N–H and O–H groups in total. The van der Waals surface area contributed by atoms with Crippen LogP contribution in [0.3, 0.4) is 0 Å². The molecule has 6 heteroatoms. The van der Waals surface area contributed by atoms with Gasteiger partial charge in [-0.15, -0.1) is 0 Å². The fraction of sp³-hybridized carbons (Fsp3) is 0.333. The van der Waals surface area contributed by atoms with Gasteiger partial charge in [0.05, 0.1) is 12.8 Å². The Kier molecular flexibility index (Phi) is 4.29. The monoisotopic (exact) mass is 327 g/mol. The molecule has 6 nitrogen and oxygen atoms in total. The number of nitrogens with two attached hydrogens (primary N) is 1. The van der Waals surface area contributed by atoms with E-state index < -0.39 is 0 Å². The second-order valence-corrected chi connectivity index (χ2v) is 5.92. The van der Waals surface area contributed by atoms with Crippen LogP contribution in [0.1, 0.15) is 30.5 Å². The molecule has 1 aromatic carbocycles. The lowest BCUT2D eigenvalue weighted by Gasteiger charge is -2.10. The summed E-state index contributed by atoms with van der Waals surface area (Å²) in [5.41, 5.74) is 8.29. The van der Waals surface area contributed by atoms with Gasteiger partial charge in [-0.05, 0) is 44.5 Å². The van der Waals surface area contributed by atoms with Gasteiger partial charge in [0.15, 0.2) is 0 Å². The molecule has 126 valence electrons. The van der Waals surface area contributed by atoms with Crippen LogP contribution < -0.4 is 20.8 Å². The Morgan fingerprint density at radius 3 is 2.92 bits per heavy atom. The lowest BCUT2D eigenvalue weighted by molar-refractivity contribution is 0.254. The zero-order chi connectivity index (χ0) is 17.3. The molecule has 1 aromatic heterocycles. The van der Waals surface area contributed by atoms with Gasteiger partial charge < -0.3 is 15.2 Å². The van der Waals surface area contributed by atoms with E-state index in [1.807, 2.05) is 32.9 Å².